The highest BCUT2D eigenvalue weighted by Crippen LogP contribution is 2.42. The third kappa shape index (κ3) is 2.84. The van der Waals surface area contributed by atoms with Crippen LogP contribution in [0.25, 0.3) is 0 Å². The fourth-order valence-electron chi connectivity index (χ4n) is 3.50. The number of hydrogen-bond acceptors (Lipinski definition) is 4. The van der Waals surface area contributed by atoms with E-state index in [2.05, 4.69) is 0 Å². The molecule has 5 heteroatoms. The summed E-state index contributed by atoms with van der Waals surface area (Å²) in [6.07, 6.45) is 2.70. The molecule has 2 N–H and O–H groups in total. The molecule has 104 valence electrons. The van der Waals surface area contributed by atoms with E-state index in [0.717, 1.165) is 25.8 Å². The largest absolute Gasteiger partial charge is 0.480 e. The summed E-state index contributed by atoms with van der Waals surface area (Å²) < 4.78 is 5.17. The predicted molar refractivity (Wildman–Crippen MR) is 66.3 cm³/mol. The second-order valence-corrected chi connectivity index (χ2v) is 5.41. The van der Waals surface area contributed by atoms with E-state index in [1.807, 2.05) is 11.8 Å². The summed E-state index contributed by atoms with van der Waals surface area (Å²) in [4.78, 5) is 13.3. The number of rotatable bonds is 6. The van der Waals surface area contributed by atoms with Crippen molar-refractivity contribution in [1.82, 2.24) is 4.90 Å². The van der Waals surface area contributed by atoms with Crippen LogP contribution in [0.4, 0.5) is 0 Å². The van der Waals surface area contributed by atoms with E-state index in [4.69, 9.17) is 4.74 Å². The van der Waals surface area contributed by atoms with Gasteiger partial charge < -0.3 is 14.9 Å². The summed E-state index contributed by atoms with van der Waals surface area (Å²) in [5, 5.41) is 19.2. The van der Waals surface area contributed by atoms with E-state index in [1.54, 1.807) is 0 Å². The average Bonchev–Trinajstić information content (AvgIpc) is 2.85. The Morgan fingerprint density at radius 3 is 2.94 bits per heavy atom. The Bertz CT molecular complexity index is 297. The quantitative estimate of drug-likeness (QED) is 0.728. The molecule has 0 radical (unpaired) electrons. The lowest BCUT2D eigenvalue weighted by Gasteiger charge is -2.26. The third-order valence-electron chi connectivity index (χ3n) is 4.20. The normalized spacial score (nSPS) is 33.6. The zero-order chi connectivity index (χ0) is 13.1. The van der Waals surface area contributed by atoms with Crippen LogP contribution in [0.1, 0.15) is 26.2 Å². The first-order valence-electron chi connectivity index (χ1n) is 6.86. The van der Waals surface area contributed by atoms with Crippen molar-refractivity contribution in [2.45, 2.75) is 38.3 Å². The number of carbonyl (C=O) groups is 1. The summed E-state index contributed by atoms with van der Waals surface area (Å²) >= 11 is 0. The fraction of sp³-hybridized carbons (Fsp3) is 0.923. The number of aliphatic hydroxyl groups is 1. The molecule has 4 unspecified atom stereocenters. The van der Waals surface area contributed by atoms with Crippen LogP contribution in [0.5, 0.6) is 0 Å². The lowest BCUT2D eigenvalue weighted by atomic mass is 9.94. The van der Waals surface area contributed by atoms with Crippen LogP contribution in [-0.4, -0.2) is 59.5 Å². The zero-order valence-electron chi connectivity index (χ0n) is 10.9. The Balaban J connectivity index is 1.93. The highest BCUT2D eigenvalue weighted by molar-refractivity contribution is 5.74. The Morgan fingerprint density at radius 1 is 1.50 bits per heavy atom. The Morgan fingerprint density at radius 2 is 2.28 bits per heavy atom. The zero-order valence-corrected chi connectivity index (χ0v) is 10.9. The standard InChI is InChI=1S/C13H23NO4/c1-2-18-8-10(15)7-14-6-9-4-3-5-11(9)12(14)13(16)17/h9-12,15H,2-8H2,1H3,(H,16,17). The van der Waals surface area contributed by atoms with E-state index in [0.29, 0.717) is 19.1 Å². The number of likely N-dealkylation sites (tertiary alicyclic amines) is 1. The van der Waals surface area contributed by atoms with Crippen LogP contribution >= 0.6 is 0 Å². The van der Waals surface area contributed by atoms with Crippen molar-refractivity contribution in [3.63, 3.8) is 0 Å². The number of β-amino-alcohol motifs (C(OH)–C–C–N with tert-alkyl or cyclic N) is 1. The topological polar surface area (TPSA) is 70.0 Å². The summed E-state index contributed by atoms with van der Waals surface area (Å²) in [7, 11) is 0. The smallest absolute Gasteiger partial charge is 0.321 e. The van der Waals surface area contributed by atoms with Gasteiger partial charge in [-0.2, -0.15) is 0 Å². The molecule has 0 aromatic heterocycles. The molecule has 0 aromatic carbocycles. The average molecular weight is 257 g/mol. The van der Waals surface area contributed by atoms with Crippen LogP contribution in [0.3, 0.4) is 0 Å². The molecule has 1 heterocycles. The van der Waals surface area contributed by atoms with Crippen molar-refractivity contribution < 1.29 is 19.7 Å². The molecular weight excluding hydrogens is 234 g/mol. The van der Waals surface area contributed by atoms with Gasteiger partial charge in [0.05, 0.1) is 12.7 Å². The van der Waals surface area contributed by atoms with Crippen molar-refractivity contribution in [1.29, 1.82) is 0 Å². The number of aliphatic hydroxyl groups excluding tert-OH is 1. The Labute approximate surface area is 108 Å². The lowest BCUT2D eigenvalue weighted by molar-refractivity contribution is -0.144. The predicted octanol–water partition coefficient (Wildman–Crippen LogP) is 0.569. The molecule has 18 heavy (non-hydrogen) atoms. The number of nitrogens with zero attached hydrogens (tertiary/aromatic N) is 1. The molecular formula is C13H23NO4. The van der Waals surface area contributed by atoms with Crippen molar-refractivity contribution in [3.05, 3.63) is 0 Å². The maximum absolute atomic E-state index is 11.4. The molecule has 4 atom stereocenters. The van der Waals surface area contributed by atoms with Gasteiger partial charge in [-0.05, 0) is 31.6 Å². The van der Waals surface area contributed by atoms with Gasteiger partial charge in [-0.15, -0.1) is 0 Å². The number of aliphatic carboxylic acids is 1. The summed E-state index contributed by atoms with van der Waals surface area (Å²) in [6, 6.07) is -0.409. The first kappa shape index (κ1) is 13.8. The SMILES string of the molecule is CCOCC(O)CN1CC2CCCC2C1C(=O)O. The monoisotopic (exact) mass is 257 g/mol. The number of carboxylic acid groups (broad SMARTS) is 1. The number of ether oxygens (including phenoxy) is 1. The van der Waals surface area contributed by atoms with Crippen molar-refractivity contribution in [2.75, 3.05) is 26.3 Å². The lowest BCUT2D eigenvalue weighted by Crippen LogP contribution is -2.44. The minimum Gasteiger partial charge on any atom is -0.480 e. The Kier molecular flexibility index (Phi) is 4.59. The van der Waals surface area contributed by atoms with Gasteiger partial charge >= 0.3 is 5.97 Å². The van der Waals surface area contributed by atoms with Gasteiger partial charge in [-0.3, -0.25) is 9.69 Å². The highest BCUT2D eigenvalue weighted by Gasteiger charge is 2.47. The fourth-order valence-corrected chi connectivity index (χ4v) is 3.50. The summed E-state index contributed by atoms with van der Waals surface area (Å²) in [5.74, 6) is 0.0418. The molecule has 0 spiro atoms. The van der Waals surface area contributed by atoms with E-state index < -0.39 is 18.1 Å². The first-order chi connectivity index (χ1) is 8.63. The summed E-state index contributed by atoms with van der Waals surface area (Å²) in [5.41, 5.74) is 0. The molecule has 0 bridgehead atoms. The second kappa shape index (κ2) is 5.99. The number of carboxylic acids is 1. The third-order valence-corrected chi connectivity index (χ3v) is 4.20. The number of hydrogen-bond donors (Lipinski definition) is 2. The molecule has 2 aliphatic rings. The van der Waals surface area contributed by atoms with Crippen molar-refractivity contribution >= 4 is 5.97 Å². The van der Waals surface area contributed by atoms with Gasteiger partial charge in [-0.1, -0.05) is 6.42 Å². The van der Waals surface area contributed by atoms with Gasteiger partial charge in [0.2, 0.25) is 0 Å². The molecule has 1 saturated heterocycles. The van der Waals surface area contributed by atoms with E-state index in [-0.39, 0.29) is 12.5 Å². The summed E-state index contributed by atoms with van der Waals surface area (Å²) in [6.45, 7) is 3.96. The van der Waals surface area contributed by atoms with Crippen LogP contribution in [0, 0.1) is 11.8 Å². The molecule has 0 amide bonds. The Hall–Kier alpha value is -0.650. The van der Waals surface area contributed by atoms with Crippen molar-refractivity contribution in [2.24, 2.45) is 11.8 Å². The minimum atomic E-state index is -0.743. The minimum absolute atomic E-state index is 0.279. The highest BCUT2D eigenvalue weighted by atomic mass is 16.5. The van der Waals surface area contributed by atoms with Crippen LogP contribution in [0.15, 0.2) is 0 Å². The van der Waals surface area contributed by atoms with Gasteiger partial charge in [0.15, 0.2) is 0 Å². The first-order valence-corrected chi connectivity index (χ1v) is 6.86. The maximum Gasteiger partial charge on any atom is 0.321 e. The molecule has 2 fully saturated rings. The molecule has 1 saturated carbocycles. The maximum atomic E-state index is 11.4. The van der Waals surface area contributed by atoms with Gasteiger partial charge in [0.1, 0.15) is 6.04 Å². The molecule has 2 rings (SSSR count). The van der Waals surface area contributed by atoms with Crippen LogP contribution in [0.2, 0.25) is 0 Å². The molecule has 1 aliphatic carbocycles. The van der Waals surface area contributed by atoms with E-state index >= 15 is 0 Å². The molecule has 5 nitrogen and oxygen atoms in total. The van der Waals surface area contributed by atoms with Gasteiger partial charge in [0, 0.05) is 19.7 Å². The van der Waals surface area contributed by atoms with Gasteiger partial charge in [0.25, 0.3) is 0 Å². The molecule has 0 aromatic rings. The molecule has 1 aliphatic heterocycles. The van der Waals surface area contributed by atoms with Crippen LogP contribution in [-0.2, 0) is 9.53 Å². The van der Waals surface area contributed by atoms with Gasteiger partial charge in [-0.25, -0.2) is 0 Å². The second-order valence-electron chi connectivity index (χ2n) is 5.41. The number of fused-ring (bicyclic) bond motifs is 1. The van der Waals surface area contributed by atoms with Crippen LogP contribution < -0.4 is 0 Å². The van der Waals surface area contributed by atoms with Crippen molar-refractivity contribution in [3.8, 4) is 0 Å². The van der Waals surface area contributed by atoms with E-state index in [1.165, 1.54) is 0 Å². The van der Waals surface area contributed by atoms with E-state index in [9.17, 15) is 15.0 Å².